The quantitative estimate of drug-likeness (QED) is 0.900. The van der Waals surface area contributed by atoms with Gasteiger partial charge in [-0.1, -0.05) is 24.3 Å². The van der Waals surface area contributed by atoms with Crippen molar-refractivity contribution in [2.75, 3.05) is 38.2 Å². The average Bonchev–Trinajstić information content (AvgIpc) is 3.05. The van der Waals surface area contributed by atoms with Gasteiger partial charge in [0, 0.05) is 38.4 Å². The summed E-state index contributed by atoms with van der Waals surface area (Å²) < 4.78 is 5.27. The smallest absolute Gasteiger partial charge is 0.243 e. The van der Waals surface area contributed by atoms with Crippen molar-refractivity contribution in [3.63, 3.8) is 0 Å². The van der Waals surface area contributed by atoms with E-state index in [-0.39, 0.29) is 5.91 Å². The van der Waals surface area contributed by atoms with Crippen LogP contribution in [0.5, 0.6) is 5.75 Å². The molecule has 2 aromatic rings. The number of aromatic nitrogens is 1. The number of anilines is 1. The minimum absolute atomic E-state index is 0.0620. The van der Waals surface area contributed by atoms with Crippen molar-refractivity contribution in [2.24, 2.45) is 5.73 Å². The molecule has 0 atom stereocenters. The fourth-order valence-corrected chi connectivity index (χ4v) is 3.95. The number of hydrogen-bond donors (Lipinski definition) is 1. The van der Waals surface area contributed by atoms with Gasteiger partial charge in [-0.25, -0.2) is 4.98 Å². The van der Waals surface area contributed by atoms with Gasteiger partial charge < -0.3 is 20.3 Å². The number of nitrogens with two attached hydrogens (primary N) is 1. The Morgan fingerprint density at radius 3 is 2.38 bits per heavy atom. The van der Waals surface area contributed by atoms with Crippen LogP contribution in [0.1, 0.15) is 11.1 Å². The number of piperazine rings is 1. The maximum absolute atomic E-state index is 13.1. The highest BCUT2D eigenvalue weighted by Gasteiger charge is 2.43. The number of carbonyl (C=O) groups is 1. The molecule has 0 unspecified atom stereocenters. The molecule has 0 radical (unpaired) electrons. The summed E-state index contributed by atoms with van der Waals surface area (Å²) in [7, 11) is 1.65. The van der Waals surface area contributed by atoms with Gasteiger partial charge in [0.2, 0.25) is 5.91 Å². The number of rotatable bonds is 3. The van der Waals surface area contributed by atoms with Gasteiger partial charge in [0.15, 0.2) is 0 Å². The van der Waals surface area contributed by atoms with Gasteiger partial charge in [0.1, 0.15) is 17.1 Å². The van der Waals surface area contributed by atoms with Crippen LogP contribution in [0.4, 0.5) is 5.82 Å². The second kappa shape index (κ2) is 6.61. The highest BCUT2D eigenvalue weighted by molar-refractivity contribution is 5.88. The van der Waals surface area contributed by atoms with Crippen LogP contribution in [-0.4, -0.2) is 54.6 Å². The Kier molecular flexibility index (Phi) is 4.28. The first-order valence-electron chi connectivity index (χ1n) is 8.99. The number of amides is 1. The van der Waals surface area contributed by atoms with Crippen molar-refractivity contribution >= 4 is 11.7 Å². The molecule has 0 spiro atoms. The highest BCUT2D eigenvalue weighted by atomic mass is 16.5. The van der Waals surface area contributed by atoms with E-state index in [9.17, 15) is 4.79 Å². The first-order chi connectivity index (χ1) is 12.6. The van der Waals surface area contributed by atoms with Crippen LogP contribution in [-0.2, 0) is 17.6 Å². The molecular formula is C20H24N4O2. The summed E-state index contributed by atoms with van der Waals surface area (Å²) in [5.74, 6) is 1.73. The van der Waals surface area contributed by atoms with E-state index in [2.05, 4.69) is 22.0 Å². The number of benzene rings is 1. The Morgan fingerprint density at radius 1 is 1.12 bits per heavy atom. The van der Waals surface area contributed by atoms with Crippen molar-refractivity contribution in [1.82, 2.24) is 9.88 Å². The average molecular weight is 352 g/mol. The molecule has 1 saturated heterocycles. The molecule has 1 fully saturated rings. The van der Waals surface area contributed by atoms with Crippen LogP contribution >= 0.6 is 0 Å². The van der Waals surface area contributed by atoms with Crippen molar-refractivity contribution in [2.45, 2.75) is 18.4 Å². The maximum Gasteiger partial charge on any atom is 0.243 e. The van der Waals surface area contributed by atoms with E-state index in [0.717, 1.165) is 24.7 Å². The fourth-order valence-electron chi connectivity index (χ4n) is 3.95. The number of fused-ring (bicyclic) bond motifs is 1. The van der Waals surface area contributed by atoms with Crippen molar-refractivity contribution in [3.8, 4) is 5.75 Å². The highest BCUT2D eigenvalue weighted by Crippen LogP contribution is 2.30. The minimum atomic E-state index is -0.805. The molecule has 1 aliphatic heterocycles. The molecule has 2 heterocycles. The number of pyridine rings is 1. The molecule has 1 aliphatic carbocycles. The molecule has 6 heteroatoms. The molecule has 6 nitrogen and oxygen atoms in total. The third-order valence-corrected chi connectivity index (χ3v) is 5.40. The zero-order chi connectivity index (χ0) is 18.1. The van der Waals surface area contributed by atoms with Crippen LogP contribution in [0.25, 0.3) is 0 Å². The lowest BCUT2D eigenvalue weighted by atomic mass is 9.95. The van der Waals surface area contributed by atoms with E-state index < -0.39 is 5.54 Å². The van der Waals surface area contributed by atoms with Gasteiger partial charge in [-0.15, -0.1) is 0 Å². The number of hydrogen-bond acceptors (Lipinski definition) is 5. The van der Waals surface area contributed by atoms with Crippen LogP contribution in [0.15, 0.2) is 42.6 Å². The van der Waals surface area contributed by atoms with Gasteiger partial charge in [0.25, 0.3) is 0 Å². The summed E-state index contributed by atoms with van der Waals surface area (Å²) in [4.78, 5) is 21.6. The Morgan fingerprint density at radius 2 is 1.77 bits per heavy atom. The van der Waals surface area contributed by atoms with E-state index in [1.54, 1.807) is 13.3 Å². The van der Waals surface area contributed by atoms with Gasteiger partial charge in [-0.2, -0.15) is 0 Å². The monoisotopic (exact) mass is 352 g/mol. The summed E-state index contributed by atoms with van der Waals surface area (Å²) in [6.07, 6.45) is 3.00. The van der Waals surface area contributed by atoms with Crippen LogP contribution < -0.4 is 15.4 Å². The lowest BCUT2D eigenvalue weighted by molar-refractivity contribution is -0.137. The third-order valence-electron chi connectivity index (χ3n) is 5.40. The normalized spacial score (nSPS) is 18.5. The summed E-state index contributed by atoms with van der Waals surface area (Å²) in [5, 5.41) is 0. The maximum atomic E-state index is 13.1. The van der Waals surface area contributed by atoms with E-state index in [1.165, 1.54) is 11.1 Å². The first kappa shape index (κ1) is 16.8. The molecule has 4 rings (SSSR count). The second-order valence-corrected chi connectivity index (χ2v) is 7.11. The molecule has 1 aromatic heterocycles. The van der Waals surface area contributed by atoms with Crippen molar-refractivity contribution in [3.05, 3.63) is 53.7 Å². The Hall–Kier alpha value is -2.60. The summed E-state index contributed by atoms with van der Waals surface area (Å²) in [6, 6.07) is 11.9. The third kappa shape index (κ3) is 3.01. The van der Waals surface area contributed by atoms with E-state index in [0.29, 0.717) is 25.9 Å². The van der Waals surface area contributed by atoms with Crippen molar-refractivity contribution in [1.29, 1.82) is 0 Å². The first-order valence-corrected chi connectivity index (χ1v) is 8.99. The Bertz CT molecular complexity index is 790. The van der Waals surface area contributed by atoms with Crippen LogP contribution in [0.2, 0.25) is 0 Å². The van der Waals surface area contributed by atoms with E-state index >= 15 is 0 Å². The number of ether oxygens (including phenoxy) is 1. The molecule has 0 bridgehead atoms. The van der Waals surface area contributed by atoms with Crippen LogP contribution in [0, 0.1) is 0 Å². The summed E-state index contributed by atoms with van der Waals surface area (Å²) in [6.45, 7) is 2.81. The topological polar surface area (TPSA) is 71.7 Å². The Labute approximate surface area is 153 Å². The fraction of sp³-hybridized carbons (Fsp3) is 0.400. The van der Waals surface area contributed by atoms with Gasteiger partial charge >= 0.3 is 0 Å². The summed E-state index contributed by atoms with van der Waals surface area (Å²) >= 11 is 0. The SMILES string of the molecule is COc1ccnc(N2CCN(C(=O)C3(N)Cc4ccccc4C3)CC2)c1. The molecule has 0 saturated carbocycles. The minimum Gasteiger partial charge on any atom is -0.497 e. The van der Waals surface area contributed by atoms with Crippen LogP contribution in [0.3, 0.4) is 0 Å². The zero-order valence-corrected chi connectivity index (χ0v) is 15.0. The predicted molar refractivity (Wildman–Crippen MR) is 100 cm³/mol. The lowest BCUT2D eigenvalue weighted by Crippen LogP contribution is -2.60. The molecular weight excluding hydrogens is 328 g/mol. The summed E-state index contributed by atoms with van der Waals surface area (Å²) in [5.41, 5.74) is 8.12. The number of methoxy groups -OCH3 is 1. The molecule has 1 amide bonds. The van der Waals surface area contributed by atoms with Gasteiger partial charge in [0.05, 0.1) is 7.11 Å². The van der Waals surface area contributed by atoms with Gasteiger partial charge in [-0.05, 0) is 30.0 Å². The molecule has 136 valence electrons. The second-order valence-electron chi connectivity index (χ2n) is 7.11. The largest absolute Gasteiger partial charge is 0.497 e. The number of nitrogens with zero attached hydrogens (tertiary/aromatic N) is 3. The standard InChI is InChI=1S/C20H24N4O2/c1-26-17-6-7-22-18(12-17)23-8-10-24(11-9-23)19(25)20(21)13-15-4-2-3-5-16(15)14-20/h2-7,12H,8-11,13-14,21H2,1H3. The zero-order valence-electron chi connectivity index (χ0n) is 15.0. The van der Waals surface area contributed by atoms with Gasteiger partial charge in [-0.3, -0.25) is 4.79 Å². The molecule has 2 aliphatic rings. The molecule has 2 N–H and O–H groups in total. The van der Waals surface area contributed by atoms with E-state index in [4.69, 9.17) is 10.5 Å². The van der Waals surface area contributed by atoms with Crippen molar-refractivity contribution < 1.29 is 9.53 Å². The number of carbonyl (C=O) groups excluding carboxylic acids is 1. The Balaban J connectivity index is 1.41. The lowest BCUT2D eigenvalue weighted by Gasteiger charge is -2.39. The van der Waals surface area contributed by atoms with E-state index in [1.807, 2.05) is 29.2 Å². The predicted octanol–water partition coefficient (Wildman–Crippen LogP) is 1.24. The molecule has 1 aromatic carbocycles. The molecule has 26 heavy (non-hydrogen) atoms.